The molecule has 0 spiro atoms. The van der Waals surface area contributed by atoms with Gasteiger partial charge in [0, 0.05) is 16.7 Å². The lowest BCUT2D eigenvalue weighted by molar-refractivity contribution is 1.08. The molecule has 0 atom stereocenters. The van der Waals surface area contributed by atoms with Gasteiger partial charge in [0.05, 0.1) is 0 Å². The van der Waals surface area contributed by atoms with Gasteiger partial charge >= 0.3 is 0 Å². The predicted molar refractivity (Wildman–Crippen MR) is 224 cm³/mol. The highest BCUT2D eigenvalue weighted by Crippen LogP contribution is 2.40. The molecule has 4 heteroatoms. The second-order valence-electron chi connectivity index (χ2n) is 14.4. The van der Waals surface area contributed by atoms with Crippen LogP contribution in [-0.4, -0.2) is 23.0 Å². The number of nitrogens with zero attached hydrogens (tertiary/aromatic N) is 3. The zero-order valence-electron chi connectivity index (χ0n) is 29.6. The van der Waals surface area contributed by atoms with E-state index in [1.54, 1.807) is 0 Å². The molecule has 2 heterocycles. The maximum Gasteiger partial charge on any atom is 0.164 e. The molecular weight excluding hydrogens is 659 g/mol. The highest BCUT2D eigenvalue weighted by atomic mass is 28.3. The van der Waals surface area contributed by atoms with E-state index in [4.69, 9.17) is 15.0 Å². The van der Waals surface area contributed by atoms with Gasteiger partial charge in [-0.25, -0.2) is 15.0 Å². The van der Waals surface area contributed by atoms with E-state index in [1.807, 2.05) is 6.07 Å². The molecule has 0 fully saturated rings. The smallest absolute Gasteiger partial charge is 0.164 e. The van der Waals surface area contributed by atoms with Crippen molar-refractivity contribution in [2.24, 2.45) is 0 Å². The van der Waals surface area contributed by atoms with Gasteiger partial charge in [0.2, 0.25) is 0 Å². The van der Waals surface area contributed by atoms with E-state index in [1.165, 1.54) is 54.3 Å². The van der Waals surface area contributed by atoms with E-state index in [0.29, 0.717) is 17.5 Å². The maximum atomic E-state index is 5.37. The number of rotatable bonds is 5. The van der Waals surface area contributed by atoms with E-state index in [9.17, 15) is 0 Å². The minimum atomic E-state index is -2.05. The Labute approximate surface area is 310 Å². The molecule has 9 aromatic rings. The Hall–Kier alpha value is -6.49. The second-order valence-corrected chi connectivity index (χ2v) is 18.7. The summed E-state index contributed by atoms with van der Waals surface area (Å²) in [6, 6.07) is 62.8. The van der Waals surface area contributed by atoms with Crippen molar-refractivity contribution >= 4 is 40.0 Å². The highest BCUT2D eigenvalue weighted by molar-refractivity contribution is 7.05. The summed E-state index contributed by atoms with van der Waals surface area (Å²) in [6.45, 7) is 4.96. The Morgan fingerprint density at radius 2 is 0.868 bits per heavy atom. The van der Waals surface area contributed by atoms with Gasteiger partial charge in [0.1, 0.15) is 8.07 Å². The molecule has 1 aliphatic rings. The van der Waals surface area contributed by atoms with Crippen molar-refractivity contribution < 1.29 is 0 Å². The number of hydrogen-bond acceptors (Lipinski definition) is 3. The third-order valence-corrected chi connectivity index (χ3v) is 14.5. The van der Waals surface area contributed by atoms with Gasteiger partial charge < -0.3 is 0 Å². The van der Waals surface area contributed by atoms with E-state index >= 15 is 0 Å². The molecule has 250 valence electrons. The van der Waals surface area contributed by atoms with Crippen molar-refractivity contribution in [3.05, 3.63) is 176 Å². The molecule has 0 aliphatic carbocycles. The SMILES string of the molecule is C[Si]1(C)c2cccc(-c3nc(-c4ccc(-c5ccccc5)cc4)nc(-c4ccc(-c5ccccc5)c5ccccc45)n3)c2-c2ccc3ccccc3c21. The molecule has 1 aromatic heterocycles. The van der Waals surface area contributed by atoms with Gasteiger partial charge in [-0.05, 0) is 71.4 Å². The van der Waals surface area contributed by atoms with Crippen molar-refractivity contribution in [1.82, 2.24) is 15.0 Å². The summed E-state index contributed by atoms with van der Waals surface area (Å²) < 4.78 is 0. The summed E-state index contributed by atoms with van der Waals surface area (Å²) in [7, 11) is -2.05. The van der Waals surface area contributed by atoms with Crippen molar-refractivity contribution in [2.75, 3.05) is 0 Å². The molecule has 0 amide bonds. The first-order valence-electron chi connectivity index (χ1n) is 18.2. The summed E-state index contributed by atoms with van der Waals surface area (Å²) in [5.74, 6) is 2.02. The average Bonchev–Trinajstić information content (AvgIpc) is 3.47. The standard InChI is InChI=1S/C49H35N3Si/c1-53(2)44-23-13-22-43(45(44)42-29-28-35-18-9-10-19-38(35)46(42)53)49-51-47(36-26-24-33(25-27-36)32-14-5-3-6-15-32)50-48(52-49)41-31-30-37(34-16-7-4-8-17-34)39-20-11-12-21-40(39)41/h3-31H,1-2H3. The third kappa shape index (κ3) is 5.14. The Morgan fingerprint density at radius 3 is 1.60 bits per heavy atom. The normalized spacial score (nSPS) is 12.9. The summed E-state index contributed by atoms with van der Waals surface area (Å²) in [5.41, 5.74) is 10.3. The molecule has 53 heavy (non-hydrogen) atoms. The molecule has 10 rings (SSSR count). The van der Waals surface area contributed by atoms with Crippen LogP contribution in [0.15, 0.2) is 176 Å². The lowest BCUT2D eigenvalue weighted by Gasteiger charge is -2.20. The lowest BCUT2D eigenvalue weighted by Crippen LogP contribution is -2.49. The zero-order valence-corrected chi connectivity index (χ0v) is 30.6. The topological polar surface area (TPSA) is 38.7 Å². The summed E-state index contributed by atoms with van der Waals surface area (Å²) in [6.07, 6.45) is 0. The molecule has 0 unspecified atom stereocenters. The minimum absolute atomic E-state index is 0.659. The zero-order chi connectivity index (χ0) is 35.5. The number of aromatic nitrogens is 3. The molecule has 0 bridgehead atoms. The van der Waals surface area contributed by atoms with Crippen LogP contribution in [0.25, 0.3) is 89.1 Å². The fourth-order valence-electron chi connectivity index (χ4n) is 8.39. The maximum absolute atomic E-state index is 5.37. The van der Waals surface area contributed by atoms with Gasteiger partial charge in [-0.15, -0.1) is 0 Å². The molecule has 0 N–H and O–H groups in total. The number of benzene rings is 8. The predicted octanol–water partition coefficient (Wildman–Crippen LogP) is 11.3. The molecule has 0 saturated heterocycles. The number of hydrogen-bond donors (Lipinski definition) is 0. The summed E-state index contributed by atoms with van der Waals surface area (Å²) >= 11 is 0. The Bertz CT molecular complexity index is 2850. The largest absolute Gasteiger partial charge is 0.208 e. The first kappa shape index (κ1) is 31.3. The summed E-state index contributed by atoms with van der Waals surface area (Å²) in [5, 5.41) is 7.84. The monoisotopic (exact) mass is 693 g/mol. The molecule has 3 nitrogen and oxygen atoms in total. The first-order chi connectivity index (χ1) is 26.0. The Kier molecular flexibility index (Phi) is 7.27. The lowest BCUT2D eigenvalue weighted by atomic mass is 9.94. The van der Waals surface area contributed by atoms with Crippen molar-refractivity contribution in [3.8, 4) is 67.5 Å². The number of fused-ring (bicyclic) bond motifs is 6. The third-order valence-electron chi connectivity index (χ3n) is 10.9. The van der Waals surface area contributed by atoms with Crippen LogP contribution in [0, 0.1) is 0 Å². The minimum Gasteiger partial charge on any atom is -0.208 e. The summed E-state index contributed by atoms with van der Waals surface area (Å²) in [4.78, 5) is 15.9. The highest BCUT2D eigenvalue weighted by Gasteiger charge is 2.40. The van der Waals surface area contributed by atoms with E-state index in [0.717, 1.165) is 27.6 Å². The molecule has 0 radical (unpaired) electrons. The second kappa shape index (κ2) is 12.3. The molecular formula is C49H35N3Si. The van der Waals surface area contributed by atoms with Crippen LogP contribution in [0.3, 0.4) is 0 Å². The van der Waals surface area contributed by atoms with Gasteiger partial charge in [0.15, 0.2) is 17.5 Å². The van der Waals surface area contributed by atoms with Crippen molar-refractivity contribution in [2.45, 2.75) is 13.1 Å². The van der Waals surface area contributed by atoms with Gasteiger partial charge in [-0.3, -0.25) is 0 Å². The van der Waals surface area contributed by atoms with Crippen LogP contribution >= 0.6 is 0 Å². The Morgan fingerprint density at radius 1 is 0.340 bits per heavy atom. The van der Waals surface area contributed by atoms with Crippen LogP contribution in [0.1, 0.15) is 0 Å². The average molecular weight is 694 g/mol. The van der Waals surface area contributed by atoms with Gasteiger partial charge in [0.25, 0.3) is 0 Å². The van der Waals surface area contributed by atoms with E-state index in [-0.39, 0.29) is 0 Å². The van der Waals surface area contributed by atoms with Crippen LogP contribution < -0.4 is 10.4 Å². The van der Waals surface area contributed by atoms with Crippen LogP contribution in [0.4, 0.5) is 0 Å². The molecule has 0 saturated carbocycles. The van der Waals surface area contributed by atoms with Gasteiger partial charge in [-0.1, -0.05) is 183 Å². The van der Waals surface area contributed by atoms with E-state index < -0.39 is 8.07 Å². The van der Waals surface area contributed by atoms with E-state index in [2.05, 4.69) is 183 Å². The van der Waals surface area contributed by atoms with Crippen LogP contribution in [0.2, 0.25) is 13.1 Å². The fourth-order valence-corrected chi connectivity index (χ4v) is 11.8. The van der Waals surface area contributed by atoms with Crippen LogP contribution in [-0.2, 0) is 0 Å². The molecule has 8 aromatic carbocycles. The van der Waals surface area contributed by atoms with Gasteiger partial charge in [-0.2, -0.15) is 0 Å². The van der Waals surface area contributed by atoms with Crippen molar-refractivity contribution in [3.63, 3.8) is 0 Å². The van der Waals surface area contributed by atoms with Crippen LogP contribution in [0.5, 0.6) is 0 Å². The first-order valence-corrected chi connectivity index (χ1v) is 21.2. The van der Waals surface area contributed by atoms with Crippen molar-refractivity contribution in [1.29, 1.82) is 0 Å². The quantitative estimate of drug-likeness (QED) is 0.168. The fraction of sp³-hybridized carbons (Fsp3) is 0.0408. The molecule has 1 aliphatic heterocycles. The Balaban J connectivity index is 1.21.